The van der Waals surface area contributed by atoms with Gasteiger partial charge < -0.3 is 10.1 Å². The summed E-state index contributed by atoms with van der Waals surface area (Å²) in [5, 5.41) is 5.03. The summed E-state index contributed by atoms with van der Waals surface area (Å²) in [6.07, 6.45) is 4.04. The molecule has 5 nitrogen and oxygen atoms in total. The molecule has 4 rings (SSSR count). The Morgan fingerprint density at radius 1 is 1.17 bits per heavy atom. The Morgan fingerprint density at radius 3 is 2.66 bits per heavy atom. The van der Waals surface area contributed by atoms with Gasteiger partial charge in [0.15, 0.2) is 0 Å². The number of benzene rings is 2. The number of methoxy groups -OCH3 is 1. The van der Waals surface area contributed by atoms with Crippen LogP contribution in [0.1, 0.15) is 30.1 Å². The maximum absolute atomic E-state index is 13.0. The molecule has 1 fully saturated rings. The number of pyridine rings is 1. The molecule has 0 spiro atoms. The highest BCUT2D eigenvalue weighted by atomic mass is 16.5. The van der Waals surface area contributed by atoms with E-state index in [4.69, 9.17) is 4.74 Å². The molecule has 1 N–H and O–H groups in total. The van der Waals surface area contributed by atoms with Gasteiger partial charge in [0.05, 0.1) is 18.4 Å². The van der Waals surface area contributed by atoms with Crippen molar-refractivity contribution in [3.8, 4) is 17.0 Å². The van der Waals surface area contributed by atoms with Crippen molar-refractivity contribution in [1.82, 2.24) is 15.2 Å². The number of hydrogen-bond donors (Lipinski definition) is 1. The fourth-order valence-corrected chi connectivity index (χ4v) is 4.20. The summed E-state index contributed by atoms with van der Waals surface area (Å²) in [6, 6.07) is 16.2. The van der Waals surface area contributed by atoms with Gasteiger partial charge in [-0.1, -0.05) is 31.2 Å². The molecular formula is C24H27N3O2. The second-order valence-corrected chi connectivity index (χ2v) is 7.43. The zero-order chi connectivity index (χ0) is 20.2. The minimum absolute atomic E-state index is 0.0575. The van der Waals surface area contributed by atoms with Crippen molar-refractivity contribution in [3.63, 3.8) is 0 Å². The van der Waals surface area contributed by atoms with Crippen LogP contribution in [-0.2, 0) is 0 Å². The van der Waals surface area contributed by atoms with E-state index in [9.17, 15) is 4.79 Å². The third kappa shape index (κ3) is 3.96. The standard InChI is InChI=1S/C24H27N3O2/c1-3-27-14-6-7-18(27)15-26-24(28)22-16-25-23(21-9-5-4-8-20(21)22)17-10-12-19(29-2)13-11-17/h4-5,8-13,16,18H,3,6-7,14-15H2,1-2H3,(H,26,28). The largest absolute Gasteiger partial charge is 0.497 e. The lowest BCUT2D eigenvalue weighted by Crippen LogP contribution is -2.40. The molecule has 1 aliphatic heterocycles. The molecule has 3 aromatic rings. The number of ether oxygens (including phenoxy) is 1. The van der Waals surface area contributed by atoms with Gasteiger partial charge in [0.25, 0.3) is 5.91 Å². The van der Waals surface area contributed by atoms with E-state index in [1.165, 1.54) is 6.42 Å². The number of amides is 1. The fraction of sp³-hybridized carbons (Fsp3) is 0.333. The van der Waals surface area contributed by atoms with Gasteiger partial charge >= 0.3 is 0 Å². The van der Waals surface area contributed by atoms with Crippen LogP contribution in [0, 0.1) is 0 Å². The van der Waals surface area contributed by atoms with Crippen molar-refractivity contribution in [1.29, 1.82) is 0 Å². The molecule has 1 saturated heterocycles. The van der Waals surface area contributed by atoms with Gasteiger partial charge in [-0.3, -0.25) is 14.7 Å². The molecule has 0 saturated carbocycles. The number of carbonyl (C=O) groups excluding carboxylic acids is 1. The van der Waals surface area contributed by atoms with Crippen LogP contribution in [0.25, 0.3) is 22.0 Å². The Bertz CT molecular complexity index is 1000. The quantitative estimate of drug-likeness (QED) is 0.689. The number of nitrogens with zero attached hydrogens (tertiary/aromatic N) is 2. The van der Waals surface area contributed by atoms with E-state index in [0.717, 1.165) is 47.3 Å². The highest BCUT2D eigenvalue weighted by molar-refractivity contribution is 6.09. The lowest BCUT2D eigenvalue weighted by atomic mass is 10.0. The van der Waals surface area contributed by atoms with Crippen molar-refractivity contribution in [2.75, 3.05) is 26.7 Å². The monoisotopic (exact) mass is 389 g/mol. The predicted molar refractivity (Wildman–Crippen MR) is 116 cm³/mol. The van der Waals surface area contributed by atoms with Crippen LogP contribution in [0.4, 0.5) is 0 Å². The average molecular weight is 389 g/mol. The third-order valence-corrected chi connectivity index (χ3v) is 5.81. The molecule has 150 valence electrons. The van der Waals surface area contributed by atoms with Gasteiger partial charge in [-0.2, -0.15) is 0 Å². The zero-order valence-electron chi connectivity index (χ0n) is 17.0. The van der Waals surface area contributed by atoms with E-state index in [0.29, 0.717) is 18.2 Å². The molecule has 1 atom stereocenters. The molecule has 2 aromatic carbocycles. The summed E-state index contributed by atoms with van der Waals surface area (Å²) in [7, 11) is 1.65. The Kier molecular flexibility index (Phi) is 5.76. The van der Waals surface area contributed by atoms with Crippen molar-refractivity contribution < 1.29 is 9.53 Å². The molecule has 0 bridgehead atoms. The number of likely N-dealkylation sites (N-methyl/N-ethyl adjacent to an activating group) is 1. The van der Waals surface area contributed by atoms with Crippen LogP contribution >= 0.6 is 0 Å². The molecular weight excluding hydrogens is 362 g/mol. The first kappa shape index (κ1) is 19.4. The van der Waals surface area contributed by atoms with Crippen molar-refractivity contribution in [2.24, 2.45) is 0 Å². The van der Waals surface area contributed by atoms with Gasteiger partial charge in [-0.25, -0.2) is 0 Å². The number of fused-ring (bicyclic) bond motifs is 1. The first-order chi connectivity index (χ1) is 14.2. The lowest BCUT2D eigenvalue weighted by molar-refractivity contribution is 0.0942. The van der Waals surface area contributed by atoms with E-state index >= 15 is 0 Å². The van der Waals surface area contributed by atoms with Crippen LogP contribution in [0.15, 0.2) is 54.7 Å². The SMILES string of the molecule is CCN1CCCC1CNC(=O)c1cnc(-c2ccc(OC)cc2)c2ccccc12. The van der Waals surface area contributed by atoms with Crippen LogP contribution in [0.5, 0.6) is 5.75 Å². The second-order valence-electron chi connectivity index (χ2n) is 7.43. The van der Waals surface area contributed by atoms with Crippen molar-refractivity contribution >= 4 is 16.7 Å². The van der Waals surface area contributed by atoms with Crippen LogP contribution in [-0.4, -0.2) is 48.6 Å². The summed E-state index contributed by atoms with van der Waals surface area (Å²) < 4.78 is 5.25. The normalized spacial score (nSPS) is 16.8. The molecule has 29 heavy (non-hydrogen) atoms. The van der Waals surface area contributed by atoms with Gasteiger partial charge in [-0.05, 0) is 55.6 Å². The van der Waals surface area contributed by atoms with Crippen molar-refractivity contribution in [3.05, 3.63) is 60.3 Å². The first-order valence-electron chi connectivity index (χ1n) is 10.3. The number of rotatable bonds is 6. The van der Waals surface area contributed by atoms with Crippen LogP contribution in [0.3, 0.4) is 0 Å². The Morgan fingerprint density at radius 2 is 1.93 bits per heavy atom. The fourth-order valence-electron chi connectivity index (χ4n) is 4.20. The smallest absolute Gasteiger partial charge is 0.253 e. The Hall–Kier alpha value is -2.92. The summed E-state index contributed by atoms with van der Waals surface area (Å²) >= 11 is 0. The number of nitrogens with one attached hydrogen (secondary N) is 1. The summed E-state index contributed by atoms with van der Waals surface area (Å²) in [5.41, 5.74) is 2.49. The minimum Gasteiger partial charge on any atom is -0.497 e. The average Bonchev–Trinajstić information content (AvgIpc) is 3.24. The topological polar surface area (TPSA) is 54.5 Å². The predicted octanol–water partition coefficient (Wildman–Crippen LogP) is 4.12. The van der Waals surface area contributed by atoms with E-state index in [1.54, 1.807) is 13.3 Å². The maximum atomic E-state index is 13.0. The third-order valence-electron chi connectivity index (χ3n) is 5.81. The van der Waals surface area contributed by atoms with E-state index in [2.05, 4.69) is 22.1 Å². The molecule has 0 radical (unpaired) electrons. The summed E-state index contributed by atoms with van der Waals surface area (Å²) in [4.78, 5) is 20.0. The van der Waals surface area contributed by atoms with Gasteiger partial charge in [0, 0.05) is 29.7 Å². The van der Waals surface area contributed by atoms with Gasteiger partial charge in [-0.15, -0.1) is 0 Å². The minimum atomic E-state index is -0.0575. The zero-order valence-corrected chi connectivity index (χ0v) is 17.0. The Balaban J connectivity index is 1.61. The van der Waals surface area contributed by atoms with Crippen molar-refractivity contribution in [2.45, 2.75) is 25.8 Å². The highest BCUT2D eigenvalue weighted by Crippen LogP contribution is 2.30. The lowest BCUT2D eigenvalue weighted by Gasteiger charge is -2.23. The molecule has 2 heterocycles. The molecule has 5 heteroatoms. The Labute approximate surface area is 171 Å². The van der Waals surface area contributed by atoms with E-state index in [1.807, 2.05) is 48.5 Å². The van der Waals surface area contributed by atoms with Crippen LogP contribution < -0.4 is 10.1 Å². The number of likely N-dealkylation sites (tertiary alicyclic amines) is 1. The maximum Gasteiger partial charge on any atom is 0.253 e. The number of hydrogen-bond acceptors (Lipinski definition) is 4. The van der Waals surface area contributed by atoms with Gasteiger partial charge in [0.1, 0.15) is 5.75 Å². The number of carbonyl (C=O) groups is 1. The number of aromatic nitrogens is 1. The molecule has 1 aromatic heterocycles. The van der Waals surface area contributed by atoms with Crippen LogP contribution in [0.2, 0.25) is 0 Å². The second kappa shape index (κ2) is 8.62. The van der Waals surface area contributed by atoms with Gasteiger partial charge in [0.2, 0.25) is 0 Å². The highest BCUT2D eigenvalue weighted by Gasteiger charge is 2.24. The molecule has 1 aliphatic rings. The molecule has 1 unspecified atom stereocenters. The first-order valence-corrected chi connectivity index (χ1v) is 10.3. The summed E-state index contributed by atoms with van der Waals surface area (Å²) in [6.45, 7) is 5.01. The summed E-state index contributed by atoms with van der Waals surface area (Å²) in [5.74, 6) is 0.750. The molecule has 1 amide bonds. The van der Waals surface area contributed by atoms with E-state index in [-0.39, 0.29) is 5.91 Å². The molecule has 0 aliphatic carbocycles. The van der Waals surface area contributed by atoms with E-state index < -0.39 is 0 Å².